The van der Waals surface area contributed by atoms with Gasteiger partial charge in [-0.05, 0) is 37.0 Å². The van der Waals surface area contributed by atoms with Gasteiger partial charge in [-0.25, -0.2) is 4.39 Å². The van der Waals surface area contributed by atoms with E-state index < -0.39 is 0 Å². The predicted molar refractivity (Wildman–Crippen MR) is 73.1 cm³/mol. The molecule has 1 saturated heterocycles. The van der Waals surface area contributed by atoms with Crippen molar-refractivity contribution in [2.75, 3.05) is 18.4 Å². The van der Waals surface area contributed by atoms with E-state index in [1.807, 2.05) is 0 Å². The van der Waals surface area contributed by atoms with Gasteiger partial charge >= 0.3 is 0 Å². The Morgan fingerprint density at radius 2 is 1.89 bits per heavy atom. The zero-order valence-electron chi connectivity index (χ0n) is 10.2. The summed E-state index contributed by atoms with van der Waals surface area (Å²) < 4.78 is 18.7. The average molecular weight is 291 g/mol. The molecule has 0 spiro atoms. The van der Waals surface area contributed by atoms with Gasteiger partial charge in [-0.1, -0.05) is 12.1 Å². The third-order valence-electron chi connectivity index (χ3n) is 3.61. The van der Waals surface area contributed by atoms with E-state index in [1.165, 1.54) is 12.1 Å². The fourth-order valence-corrected chi connectivity index (χ4v) is 3.27. The van der Waals surface area contributed by atoms with Crippen molar-refractivity contribution in [3.63, 3.8) is 0 Å². The van der Waals surface area contributed by atoms with Crippen LogP contribution in [0.5, 0.6) is 0 Å². The highest BCUT2D eigenvalue weighted by Crippen LogP contribution is 2.35. The Morgan fingerprint density at radius 1 is 1.22 bits per heavy atom. The summed E-state index contributed by atoms with van der Waals surface area (Å²) in [6.45, 7) is 0.814. The molecule has 0 amide bonds. The average Bonchev–Trinajstić information content (AvgIpc) is 2.90. The van der Waals surface area contributed by atoms with Crippen LogP contribution in [0.3, 0.4) is 0 Å². The fourth-order valence-electron chi connectivity index (χ4n) is 2.46. The van der Waals surface area contributed by atoms with Gasteiger partial charge in [0.25, 0.3) is 0 Å². The molecule has 1 aromatic rings. The second-order valence-electron chi connectivity index (χ2n) is 4.89. The SMILES string of the molecule is Fc1ccc(C(CCl)(CCl)CC2CCCO2)cc1. The molecule has 1 aliphatic rings. The lowest BCUT2D eigenvalue weighted by Crippen LogP contribution is -2.35. The smallest absolute Gasteiger partial charge is 0.123 e. The van der Waals surface area contributed by atoms with Gasteiger partial charge in [0.2, 0.25) is 0 Å². The van der Waals surface area contributed by atoms with Crippen molar-refractivity contribution in [3.8, 4) is 0 Å². The van der Waals surface area contributed by atoms with Crippen molar-refractivity contribution in [1.82, 2.24) is 0 Å². The van der Waals surface area contributed by atoms with E-state index >= 15 is 0 Å². The molecule has 1 atom stereocenters. The first-order chi connectivity index (χ1) is 8.70. The van der Waals surface area contributed by atoms with Gasteiger partial charge in [-0.2, -0.15) is 0 Å². The van der Waals surface area contributed by atoms with Gasteiger partial charge in [0, 0.05) is 23.8 Å². The molecule has 0 aliphatic carbocycles. The minimum atomic E-state index is -0.328. The van der Waals surface area contributed by atoms with E-state index in [1.54, 1.807) is 12.1 Å². The quantitative estimate of drug-likeness (QED) is 0.742. The summed E-state index contributed by atoms with van der Waals surface area (Å²) in [5, 5.41) is 0. The highest BCUT2D eigenvalue weighted by atomic mass is 35.5. The first-order valence-corrected chi connectivity index (χ1v) is 7.27. The van der Waals surface area contributed by atoms with E-state index in [4.69, 9.17) is 27.9 Å². The lowest BCUT2D eigenvalue weighted by molar-refractivity contribution is 0.0884. The lowest BCUT2D eigenvalue weighted by Gasteiger charge is -2.32. The van der Waals surface area contributed by atoms with E-state index in [0.29, 0.717) is 11.8 Å². The van der Waals surface area contributed by atoms with Crippen LogP contribution in [0.25, 0.3) is 0 Å². The summed E-state index contributed by atoms with van der Waals surface area (Å²) in [6, 6.07) is 6.46. The number of alkyl halides is 2. The third kappa shape index (κ3) is 2.98. The Hall–Kier alpha value is -0.310. The van der Waals surface area contributed by atoms with Gasteiger partial charge < -0.3 is 4.74 Å². The summed E-state index contributed by atoms with van der Waals surface area (Å²) in [5.41, 5.74) is 0.663. The molecule has 0 aromatic heterocycles. The van der Waals surface area contributed by atoms with Crippen molar-refractivity contribution in [3.05, 3.63) is 35.6 Å². The Labute approximate surface area is 117 Å². The van der Waals surface area contributed by atoms with Crippen molar-refractivity contribution in [1.29, 1.82) is 0 Å². The maximum absolute atomic E-state index is 13.0. The molecule has 0 saturated carbocycles. The second-order valence-corrected chi connectivity index (χ2v) is 5.43. The van der Waals surface area contributed by atoms with Gasteiger partial charge in [-0.3, -0.25) is 0 Å². The molecule has 1 aromatic carbocycles. The molecule has 4 heteroatoms. The summed E-state index contributed by atoms with van der Waals surface area (Å²) in [4.78, 5) is 0. The van der Waals surface area contributed by atoms with Crippen LogP contribution in [-0.2, 0) is 10.2 Å². The van der Waals surface area contributed by atoms with Crippen LogP contribution >= 0.6 is 23.2 Å². The zero-order valence-corrected chi connectivity index (χ0v) is 11.7. The van der Waals surface area contributed by atoms with E-state index in [9.17, 15) is 4.39 Å². The monoisotopic (exact) mass is 290 g/mol. The van der Waals surface area contributed by atoms with Crippen molar-refractivity contribution in [2.45, 2.75) is 30.8 Å². The van der Waals surface area contributed by atoms with Gasteiger partial charge in [0.1, 0.15) is 5.82 Å². The van der Waals surface area contributed by atoms with Crippen molar-refractivity contribution in [2.24, 2.45) is 0 Å². The maximum atomic E-state index is 13.0. The molecule has 0 radical (unpaired) electrons. The van der Waals surface area contributed by atoms with Gasteiger partial charge in [-0.15, -0.1) is 23.2 Å². The lowest BCUT2D eigenvalue weighted by atomic mass is 9.79. The van der Waals surface area contributed by atoms with Crippen LogP contribution in [-0.4, -0.2) is 24.5 Å². The molecule has 1 aliphatic heterocycles. The van der Waals surface area contributed by atoms with E-state index in [-0.39, 0.29) is 17.3 Å². The number of halogens is 3. The van der Waals surface area contributed by atoms with Crippen LogP contribution in [0.15, 0.2) is 24.3 Å². The largest absolute Gasteiger partial charge is 0.378 e. The molecule has 0 N–H and O–H groups in total. The number of benzene rings is 1. The van der Waals surface area contributed by atoms with Crippen LogP contribution < -0.4 is 0 Å². The third-order valence-corrected chi connectivity index (χ3v) is 4.63. The molecule has 1 fully saturated rings. The number of ether oxygens (including phenoxy) is 1. The first kappa shape index (κ1) is 14.1. The van der Waals surface area contributed by atoms with E-state index in [0.717, 1.165) is 31.4 Å². The number of hydrogen-bond acceptors (Lipinski definition) is 1. The summed E-state index contributed by atoms with van der Waals surface area (Å²) >= 11 is 12.3. The highest BCUT2D eigenvalue weighted by Gasteiger charge is 2.35. The molecule has 1 nitrogen and oxygen atoms in total. The van der Waals surface area contributed by atoms with Crippen LogP contribution in [0.2, 0.25) is 0 Å². The molecular weight excluding hydrogens is 274 g/mol. The predicted octanol–water partition coefficient (Wildman–Crippen LogP) is 4.11. The Balaban J connectivity index is 2.21. The summed E-state index contributed by atoms with van der Waals surface area (Å²) in [6.07, 6.45) is 3.16. The Kier molecular flexibility index (Phi) is 4.88. The van der Waals surface area contributed by atoms with Gasteiger partial charge in [0.05, 0.1) is 6.10 Å². The summed E-state index contributed by atoms with van der Waals surface area (Å²) in [7, 11) is 0. The molecule has 2 rings (SSSR count). The molecular formula is C14H17Cl2FO. The van der Waals surface area contributed by atoms with Crippen molar-refractivity contribution >= 4 is 23.2 Å². The first-order valence-electron chi connectivity index (χ1n) is 6.20. The van der Waals surface area contributed by atoms with Crippen molar-refractivity contribution < 1.29 is 9.13 Å². The second kappa shape index (κ2) is 6.23. The molecule has 1 unspecified atom stereocenters. The molecule has 0 bridgehead atoms. The molecule has 18 heavy (non-hydrogen) atoms. The van der Waals surface area contributed by atoms with Crippen LogP contribution in [0.4, 0.5) is 4.39 Å². The summed E-state index contributed by atoms with van der Waals surface area (Å²) in [5.74, 6) is 0.596. The topological polar surface area (TPSA) is 9.23 Å². The Morgan fingerprint density at radius 3 is 2.39 bits per heavy atom. The minimum Gasteiger partial charge on any atom is -0.378 e. The van der Waals surface area contributed by atoms with E-state index in [2.05, 4.69) is 0 Å². The molecule has 100 valence electrons. The fraction of sp³-hybridized carbons (Fsp3) is 0.571. The highest BCUT2D eigenvalue weighted by molar-refractivity contribution is 6.22. The molecule has 1 heterocycles. The Bertz CT molecular complexity index is 370. The minimum absolute atomic E-state index is 0.215. The van der Waals surface area contributed by atoms with Crippen LogP contribution in [0, 0.1) is 5.82 Å². The zero-order chi connectivity index (χ0) is 13.0. The maximum Gasteiger partial charge on any atom is 0.123 e. The normalized spacial score (nSPS) is 20.3. The standard InChI is InChI=1S/C14H17Cl2FO/c15-9-14(10-16,8-13-2-1-7-18-13)11-3-5-12(17)6-4-11/h3-6,13H,1-2,7-10H2. The number of rotatable bonds is 5. The van der Waals surface area contributed by atoms with Gasteiger partial charge in [0.15, 0.2) is 0 Å². The van der Waals surface area contributed by atoms with Crippen LogP contribution in [0.1, 0.15) is 24.8 Å². The number of hydrogen-bond donors (Lipinski definition) is 0.